The predicted octanol–water partition coefficient (Wildman–Crippen LogP) is 1.35. The molecule has 0 saturated carbocycles. The molecule has 1 amide bonds. The topological polar surface area (TPSA) is 69.0 Å². The minimum absolute atomic E-state index is 0.0422. The van der Waals surface area contributed by atoms with E-state index in [1.54, 1.807) is 12.4 Å². The largest absolute Gasteiger partial charge is 0.354 e. The van der Waals surface area contributed by atoms with Crippen molar-refractivity contribution >= 4 is 23.2 Å². The van der Waals surface area contributed by atoms with Crippen LogP contribution in [0, 0.1) is 0 Å². The molecule has 0 bridgehead atoms. The number of fused-ring (bicyclic) bond motifs is 1. The number of carbonyl (C=O) groups excluding carboxylic acids is 1. The highest BCUT2D eigenvalue weighted by molar-refractivity contribution is 5.94. The van der Waals surface area contributed by atoms with E-state index in [1.807, 2.05) is 43.4 Å². The number of hydrogen-bond acceptors (Lipinski definition) is 6. The zero-order valence-corrected chi connectivity index (χ0v) is 17.0. The first-order chi connectivity index (χ1) is 14.1. The lowest BCUT2D eigenvalue weighted by atomic mass is 10.2. The van der Waals surface area contributed by atoms with E-state index >= 15 is 0 Å². The minimum Gasteiger partial charge on any atom is -0.354 e. The second-order valence-corrected chi connectivity index (χ2v) is 7.49. The molecule has 1 aliphatic rings. The summed E-state index contributed by atoms with van der Waals surface area (Å²) >= 11 is 0. The van der Waals surface area contributed by atoms with Gasteiger partial charge in [-0.25, -0.2) is 9.97 Å². The molecule has 3 aromatic rings. The molecule has 4 rings (SSSR count). The van der Waals surface area contributed by atoms with Gasteiger partial charge in [-0.2, -0.15) is 0 Å². The van der Waals surface area contributed by atoms with Gasteiger partial charge in [0, 0.05) is 63.4 Å². The molecule has 1 N–H and O–H groups in total. The second-order valence-electron chi connectivity index (χ2n) is 7.49. The number of anilines is 2. The van der Waals surface area contributed by atoms with Crippen LogP contribution in [0.2, 0.25) is 0 Å². The van der Waals surface area contributed by atoms with Gasteiger partial charge >= 0.3 is 0 Å². The van der Waals surface area contributed by atoms with E-state index in [4.69, 9.17) is 0 Å². The van der Waals surface area contributed by atoms with Gasteiger partial charge in [0.25, 0.3) is 5.91 Å². The summed E-state index contributed by atoms with van der Waals surface area (Å²) < 4.78 is 2.11. The standard InChI is InChI=1S/C21H27N7O/c1-25(2)11-10-22-20(29)17-4-5-18-6-7-19(28(18)16-17)26-12-14-27(15-13-26)21-23-8-3-9-24-21/h3-9,16H,10-15H2,1-2H3,(H,22,29). The highest BCUT2D eigenvalue weighted by Gasteiger charge is 2.21. The van der Waals surface area contributed by atoms with Crippen molar-refractivity contribution in [1.82, 2.24) is 24.6 Å². The number of likely N-dealkylation sites (N-methyl/N-ethyl adjacent to an activating group) is 1. The van der Waals surface area contributed by atoms with Crippen LogP contribution in [0.4, 0.5) is 11.8 Å². The Balaban J connectivity index is 1.46. The van der Waals surface area contributed by atoms with Crippen molar-refractivity contribution in [3.8, 4) is 0 Å². The molecule has 1 aliphatic heterocycles. The van der Waals surface area contributed by atoms with Crippen molar-refractivity contribution in [3.63, 3.8) is 0 Å². The van der Waals surface area contributed by atoms with Gasteiger partial charge in [0.1, 0.15) is 5.82 Å². The number of piperazine rings is 1. The Labute approximate surface area is 170 Å². The van der Waals surface area contributed by atoms with Gasteiger partial charge in [-0.3, -0.25) is 4.79 Å². The number of hydrogen-bond donors (Lipinski definition) is 1. The third kappa shape index (κ3) is 4.32. The molecule has 0 radical (unpaired) electrons. The molecule has 4 heterocycles. The van der Waals surface area contributed by atoms with Crippen molar-refractivity contribution in [3.05, 3.63) is 54.5 Å². The lowest BCUT2D eigenvalue weighted by Crippen LogP contribution is -2.47. The zero-order chi connectivity index (χ0) is 20.2. The smallest absolute Gasteiger partial charge is 0.252 e. The van der Waals surface area contributed by atoms with Crippen LogP contribution in [0.3, 0.4) is 0 Å². The average molecular weight is 393 g/mol. The Morgan fingerprint density at radius 2 is 1.72 bits per heavy atom. The molecule has 8 heteroatoms. The number of carbonyl (C=O) groups is 1. The van der Waals surface area contributed by atoms with Crippen molar-refractivity contribution in [2.75, 3.05) is 63.2 Å². The van der Waals surface area contributed by atoms with Crippen molar-refractivity contribution in [2.45, 2.75) is 0 Å². The molecule has 1 saturated heterocycles. The molecule has 3 aromatic heterocycles. The van der Waals surface area contributed by atoms with E-state index in [-0.39, 0.29) is 5.91 Å². The SMILES string of the molecule is CN(C)CCNC(=O)c1ccc2ccc(N3CCN(c4ncccn4)CC3)n2c1. The van der Waals surface area contributed by atoms with Gasteiger partial charge < -0.3 is 24.4 Å². The Morgan fingerprint density at radius 3 is 2.45 bits per heavy atom. The Morgan fingerprint density at radius 1 is 1.03 bits per heavy atom. The first-order valence-electron chi connectivity index (χ1n) is 9.93. The highest BCUT2D eigenvalue weighted by Crippen LogP contribution is 2.22. The first-order valence-corrected chi connectivity index (χ1v) is 9.93. The van der Waals surface area contributed by atoms with Crippen LogP contribution in [-0.4, -0.2) is 78.5 Å². The number of nitrogens with one attached hydrogen (secondary N) is 1. The predicted molar refractivity (Wildman–Crippen MR) is 115 cm³/mol. The highest BCUT2D eigenvalue weighted by atomic mass is 16.1. The third-order valence-electron chi connectivity index (χ3n) is 5.18. The Hall–Kier alpha value is -3.13. The summed E-state index contributed by atoms with van der Waals surface area (Å²) in [6, 6.07) is 9.93. The van der Waals surface area contributed by atoms with Gasteiger partial charge in [-0.15, -0.1) is 0 Å². The quantitative estimate of drug-likeness (QED) is 0.682. The number of rotatable bonds is 6. The van der Waals surface area contributed by atoms with E-state index in [0.717, 1.165) is 50.0 Å². The van der Waals surface area contributed by atoms with E-state index in [0.29, 0.717) is 12.1 Å². The summed E-state index contributed by atoms with van der Waals surface area (Å²) in [7, 11) is 3.99. The molecule has 0 atom stereocenters. The molecular weight excluding hydrogens is 366 g/mol. The third-order valence-corrected chi connectivity index (χ3v) is 5.18. The normalized spacial score (nSPS) is 14.6. The molecule has 152 valence electrons. The summed E-state index contributed by atoms with van der Waals surface area (Å²) in [6.07, 6.45) is 5.49. The fraction of sp³-hybridized carbons (Fsp3) is 0.381. The van der Waals surface area contributed by atoms with Crippen LogP contribution in [0.1, 0.15) is 10.4 Å². The first kappa shape index (κ1) is 19.2. The van der Waals surface area contributed by atoms with Crippen LogP contribution in [0.25, 0.3) is 5.52 Å². The zero-order valence-electron chi connectivity index (χ0n) is 17.0. The fourth-order valence-electron chi connectivity index (χ4n) is 3.56. The number of amides is 1. The number of pyridine rings is 1. The van der Waals surface area contributed by atoms with Crippen LogP contribution >= 0.6 is 0 Å². The van der Waals surface area contributed by atoms with E-state index < -0.39 is 0 Å². The molecule has 0 spiro atoms. The van der Waals surface area contributed by atoms with Gasteiger partial charge in [0.2, 0.25) is 5.95 Å². The van der Waals surface area contributed by atoms with E-state index in [1.165, 1.54) is 0 Å². The molecule has 8 nitrogen and oxygen atoms in total. The maximum absolute atomic E-state index is 12.5. The van der Waals surface area contributed by atoms with Crippen LogP contribution in [-0.2, 0) is 0 Å². The van der Waals surface area contributed by atoms with Crippen LogP contribution < -0.4 is 15.1 Å². The van der Waals surface area contributed by atoms with Crippen molar-refractivity contribution < 1.29 is 4.79 Å². The molecule has 1 fully saturated rings. The minimum atomic E-state index is -0.0422. The molecule has 0 unspecified atom stereocenters. The van der Waals surface area contributed by atoms with Crippen LogP contribution in [0.5, 0.6) is 0 Å². The van der Waals surface area contributed by atoms with E-state index in [9.17, 15) is 4.79 Å². The second kappa shape index (κ2) is 8.48. The monoisotopic (exact) mass is 393 g/mol. The Kier molecular flexibility index (Phi) is 5.62. The van der Waals surface area contributed by atoms with Gasteiger partial charge in [0.05, 0.1) is 5.56 Å². The lowest BCUT2D eigenvalue weighted by Gasteiger charge is -2.35. The maximum atomic E-state index is 12.5. The molecule has 0 aromatic carbocycles. The average Bonchev–Trinajstić information content (AvgIpc) is 3.17. The van der Waals surface area contributed by atoms with Crippen molar-refractivity contribution in [2.24, 2.45) is 0 Å². The van der Waals surface area contributed by atoms with Crippen molar-refractivity contribution in [1.29, 1.82) is 0 Å². The summed E-state index contributed by atoms with van der Waals surface area (Å²) in [4.78, 5) is 27.8. The molecular formula is C21H27N7O. The number of aromatic nitrogens is 3. The lowest BCUT2D eigenvalue weighted by molar-refractivity contribution is 0.0950. The summed E-state index contributed by atoms with van der Waals surface area (Å²) in [5.74, 6) is 1.85. The van der Waals surface area contributed by atoms with Gasteiger partial charge in [-0.05, 0) is 44.4 Å². The Bertz CT molecular complexity index is 962. The van der Waals surface area contributed by atoms with Gasteiger partial charge in [-0.1, -0.05) is 0 Å². The molecule has 29 heavy (non-hydrogen) atoms. The van der Waals surface area contributed by atoms with E-state index in [2.05, 4.69) is 41.6 Å². The summed E-state index contributed by atoms with van der Waals surface area (Å²) in [5, 5.41) is 2.98. The summed E-state index contributed by atoms with van der Waals surface area (Å²) in [6.45, 7) is 4.93. The molecule has 0 aliphatic carbocycles. The van der Waals surface area contributed by atoms with Crippen LogP contribution in [0.15, 0.2) is 48.9 Å². The maximum Gasteiger partial charge on any atom is 0.252 e. The fourth-order valence-corrected chi connectivity index (χ4v) is 3.56. The summed E-state index contributed by atoms with van der Waals surface area (Å²) in [5.41, 5.74) is 1.75. The number of nitrogens with zero attached hydrogens (tertiary/aromatic N) is 6. The van der Waals surface area contributed by atoms with Gasteiger partial charge in [0.15, 0.2) is 0 Å².